The highest BCUT2D eigenvalue weighted by Crippen LogP contribution is 2.59. The molecular weight excluding hydrogens is 680 g/mol. The molecule has 52 heavy (non-hydrogen) atoms. The molecule has 3 fully saturated rings. The second-order valence-corrected chi connectivity index (χ2v) is 14.2. The molecule has 4 amide bonds. The summed E-state index contributed by atoms with van der Waals surface area (Å²) in [6, 6.07) is -0.701. The molecule has 296 valence electrons. The Kier molecular flexibility index (Phi) is 17.4. The van der Waals surface area contributed by atoms with Crippen LogP contribution in [0.15, 0.2) is 11.6 Å². The molecule has 6 N–H and O–H groups in total. The summed E-state index contributed by atoms with van der Waals surface area (Å²) in [5, 5.41) is 10.4. The minimum absolute atomic E-state index is 0.0490. The molecule has 3 aliphatic rings. The van der Waals surface area contributed by atoms with Crippen LogP contribution in [0, 0.1) is 11.8 Å². The lowest BCUT2D eigenvalue weighted by atomic mass is 9.68. The van der Waals surface area contributed by atoms with Crippen LogP contribution < -0.4 is 32.1 Å². The maximum atomic E-state index is 12.6. The highest BCUT2D eigenvalue weighted by atomic mass is 16.6. The van der Waals surface area contributed by atoms with Crippen LogP contribution in [0.2, 0.25) is 0 Å². The van der Waals surface area contributed by atoms with E-state index in [-0.39, 0.29) is 93.9 Å². The second-order valence-electron chi connectivity index (χ2n) is 14.2. The van der Waals surface area contributed by atoms with Gasteiger partial charge in [-0.15, -0.1) is 0 Å². The minimum Gasteiger partial charge on any atom is -0.443 e. The number of hydrazine groups is 1. The van der Waals surface area contributed by atoms with E-state index < -0.39 is 35.7 Å². The van der Waals surface area contributed by atoms with Gasteiger partial charge in [-0.3, -0.25) is 19.2 Å². The first-order valence-corrected chi connectivity index (χ1v) is 18.1. The number of alkyl carbamates (subject to hydrolysis) is 1. The maximum Gasteiger partial charge on any atom is 0.407 e. The van der Waals surface area contributed by atoms with Crippen molar-refractivity contribution in [1.82, 2.24) is 32.1 Å². The van der Waals surface area contributed by atoms with Crippen molar-refractivity contribution in [2.24, 2.45) is 11.8 Å². The van der Waals surface area contributed by atoms with Gasteiger partial charge in [-0.2, -0.15) is 0 Å². The van der Waals surface area contributed by atoms with Crippen LogP contribution in [0.5, 0.6) is 0 Å². The fourth-order valence-electron chi connectivity index (χ4n) is 6.46. The maximum absolute atomic E-state index is 12.6. The molecule has 17 heteroatoms. The number of hydrogen-bond donors (Lipinski definition) is 6. The second kappa shape index (κ2) is 20.9. The summed E-state index contributed by atoms with van der Waals surface area (Å²) >= 11 is 0. The number of methoxy groups -OCH3 is 1. The van der Waals surface area contributed by atoms with E-state index in [1.807, 2.05) is 13.8 Å². The number of ketones is 1. The van der Waals surface area contributed by atoms with Gasteiger partial charge in [-0.1, -0.05) is 25.5 Å². The molecule has 2 aliphatic heterocycles. The van der Waals surface area contributed by atoms with Gasteiger partial charge in [0, 0.05) is 20.2 Å². The van der Waals surface area contributed by atoms with E-state index >= 15 is 0 Å². The number of hydrogen-bond acceptors (Lipinski definition) is 13. The monoisotopic (exact) mass is 740 g/mol. The van der Waals surface area contributed by atoms with Crippen molar-refractivity contribution in [2.75, 3.05) is 72.9 Å². The van der Waals surface area contributed by atoms with E-state index in [0.717, 1.165) is 12.8 Å². The van der Waals surface area contributed by atoms with Crippen LogP contribution in [0.1, 0.15) is 60.8 Å². The van der Waals surface area contributed by atoms with E-state index in [1.54, 1.807) is 7.11 Å². The van der Waals surface area contributed by atoms with E-state index in [1.165, 1.54) is 12.5 Å². The Morgan fingerprint density at radius 2 is 1.54 bits per heavy atom. The Balaban J connectivity index is 1.21. The summed E-state index contributed by atoms with van der Waals surface area (Å²) in [5.74, 6) is -1.56. The highest BCUT2D eigenvalue weighted by Gasteiger charge is 2.72. The van der Waals surface area contributed by atoms with Crippen molar-refractivity contribution in [2.45, 2.75) is 96.4 Å². The molecule has 3 rings (SSSR count). The first-order chi connectivity index (χ1) is 24.7. The molecule has 2 saturated heterocycles. The van der Waals surface area contributed by atoms with Gasteiger partial charge in [0.05, 0.1) is 64.7 Å². The third-order valence-corrected chi connectivity index (χ3v) is 9.37. The number of Topliss-reactive ketones (excluding diaryl/α,β-unsaturated/α-hetero) is 1. The number of allylic oxidation sites excluding steroid dienone is 1. The van der Waals surface area contributed by atoms with E-state index in [9.17, 15) is 24.0 Å². The molecule has 0 aromatic heterocycles. The molecular formula is C35H60N6O11. The van der Waals surface area contributed by atoms with Crippen LogP contribution in [-0.4, -0.2) is 138 Å². The smallest absolute Gasteiger partial charge is 0.407 e. The Hall–Kier alpha value is -3.19. The number of epoxide rings is 2. The molecule has 2 heterocycles. The van der Waals surface area contributed by atoms with E-state index in [2.05, 4.69) is 59.0 Å². The van der Waals surface area contributed by atoms with Gasteiger partial charge >= 0.3 is 6.09 Å². The van der Waals surface area contributed by atoms with E-state index in [0.29, 0.717) is 19.6 Å². The number of carbonyl (C=O) groups is 5. The molecule has 1 aliphatic carbocycles. The molecule has 7 atom stereocenters. The minimum atomic E-state index is -0.701. The lowest BCUT2D eigenvalue weighted by Gasteiger charge is -2.42. The summed E-state index contributed by atoms with van der Waals surface area (Å²) in [5.41, 5.74) is 6.00. The Bertz CT molecular complexity index is 1240. The zero-order valence-electron chi connectivity index (χ0n) is 31.7. The zero-order valence-corrected chi connectivity index (χ0v) is 31.7. The number of amides is 4. The van der Waals surface area contributed by atoms with Crippen molar-refractivity contribution in [3.63, 3.8) is 0 Å². The molecule has 0 aromatic rings. The fourth-order valence-corrected chi connectivity index (χ4v) is 6.46. The summed E-state index contributed by atoms with van der Waals surface area (Å²) in [6.07, 6.45) is 3.18. The van der Waals surface area contributed by atoms with Crippen LogP contribution in [0.25, 0.3) is 0 Å². The quantitative estimate of drug-likeness (QED) is 0.0330. The molecule has 0 bridgehead atoms. The molecule has 0 radical (unpaired) electrons. The normalized spacial score (nSPS) is 26.6. The van der Waals surface area contributed by atoms with Gasteiger partial charge in [0.15, 0.2) is 0 Å². The van der Waals surface area contributed by atoms with Crippen LogP contribution in [-0.2, 0) is 47.6 Å². The van der Waals surface area contributed by atoms with Gasteiger partial charge in [-0.25, -0.2) is 15.6 Å². The summed E-state index contributed by atoms with van der Waals surface area (Å²) < 4.78 is 34.9. The van der Waals surface area contributed by atoms with Gasteiger partial charge in [0.1, 0.15) is 35.2 Å². The molecule has 0 aromatic carbocycles. The lowest BCUT2D eigenvalue weighted by Crippen LogP contribution is -2.56. The molecule has 17 nitrogen and oxygen atoms in total. The SMILES string of the molecule is COC1C(OC(=O)NCCOCCOCCNC(=O)CNC(=O)[C@@H](NNCC(=O)NCC(C)=O)C(C)C)CC[C@]2(CO2)C1C1(C)O[C@@H]1CC=C(C)C. The Morgan fingerprint density at radius 1 is 0.885 bits per heavy atom. The topological polar surface area (TPSA) is 220 Å². The number of rotatable bonds is 24. The summed E-state index contributed by atoms with van der Waals surface area (Å²) in [4.78, 5) is 60.0. The average molecular weight is 741 g/mol. The van der Waals surface area contributed by atoms with Crippen molar-refractivity contribution in [3.05, 3.63) is 11.6 Å². The number of carbonyl (C=O) groups excluding carboxylic acids is 5. The van der Waals surface area contributed by atoms with Crippen molar-refractivity contribution < 1.29 is 52.4 Å². The predicted molar refractivity (Wildman–Crippen MR) is 189 cm³/mol. The first kappa shape index (κ1) is 43.2. The van der Waals surface area contributed by atoms with Gasteiger partial charge < -0.3 is 49.7 Å². The van der Waals surface area contributed by atoms with Crippen LogP contribution in [0.4, 0.5) is 4.79 Å². The third kappa shape index (κ3) is 13.7. The van der Waals surface area contributed by atoms with Crippen molar-refractivity contribution in [1.29, 1.82) is 0 Å². The zero-order chi connectivity index (χ0) is 38.3. The van der Waals surface area contributed by atoms with E-state index in [4.69, 9.17) is 28.4 Å². The van der Waals surface area contributed by atoms with Gasteiger partial charge in [0.25, 0.3) is 0 Å². The largest absolute Gasteiger partial charge is 0.443 e. The summed E-state index contributed by atoms with van der Waals surface area (Å²) in [7, 11) is 1.64. The Morgan fingerprint density at radius 3 is 2.13 bits per heavy atom. The van der Waals surface area contributed by atoms with Crippen LogP contribution in [0.3, 0.4) is 0 Å². The van der Waals surface area contributed by atoms with Crippen molar-refractivity contribution >= 4 is 29.6 Å². The van der Waals surface area contributed by atoms with Gasteiger partial charge in [-0.05, 0) is 52.9 Å². The highest BCUT2D eigenvalue weighted by molar-refractivity contribution is 5.88. The van der Waals surface area contributed by atoms with Crippen LogP contribution >= 0.6 is 0 Å². The molecule has 1 saturated carbocycles. The fraction of sp³-hybridized carbons (Fsp3) is 0.800. The van der Waals surface area contributed by atoms with Crippen molar-refractivity contribution in [3.8, 4) is 0 Å². The predicted octanol–water partition coefficient (Wildman–Crippen LogP) is -0.121. The number of ether oxygens (including phenoxy) is 6. The molecule has 1 spiro atoms. The lowest BCUT2D eigenvalue weighted by molar-refractivity contribution is -0.128. The molecule has 4 unspecified atom stereocenters. The Labute approximate surface area is 306 Å². The summed E-state index contributed by atoms with van der Waals surface area (Å²) in [6.45, 7) is 13.1. The number of nitrogens with one attached hydrogen (secondary N) is 6. The standard InChI is InChI=1S/C35H60N6O11/c1-22(2)8-9-26-34(6,52-26)31-30(47-7)25(10-11-35(31)21-50-35)51-33(46)37-13-15-49-17-16-48-14-12-36-27(43)19-39-32(45)29(23(3)4)41-40-20-28(44)38-18-24(5)42/h8,23,25-26,29-31,40-41H,9-21H2,1-7H3,(H,36,43)(H,37,46)(H,38,44)(H,39,45)/t25?,26-,29+,30?,31?,34?,35+/m1/s1. The average Bonchev–Trinajstić information content (AvgIpc) is 4.01. The van der Waals surface area contributed by atoms with Gasteiger partial charge in [0.2, 0.25) is 17.7 Å². The first-order valence-electron chi connectivity index (χ1n) is 18.1. The third-order valence-electron chi connectivity index (χ3n) is 9.37.